The molecule has 1 heterocycles. The van der Waals surface area contributed by atoms with Crippen LogP contribution in [0.5, 0.6) is 11.5 Å². The van der Waals surface area contributed by atoms with E-state index in [0.29, 0.717) is 26.2 Å². The zero-order chi connectivity index (χ0) is 14.4. The lowest BCUT2D eigenvalue weighted by molar-refractivity contribution is -0.121. The van der Waals surface area contributed by atoms with Gasteiger partial charge >= 0.3 is 0 Å². The van der Waals surface area contributed by atoms with E-state index in [9.17, 15) is 4.79 Å². The van der Waals surface area contributed by atoms with Gasteiger partial charge in [-0.15, -0.1) is 0 Å². The van der Waals surface area contributed by atoms with Gasteiger partial charge in [0.1, 0.15) is 13.2 Å². The summed E-state index contributed by atoms with van der Waals surface area (Å²) in [4.78, 5) is 11.8. The van der Waals surface area contributed by atoms with Gasteiger partial charge in [-0.25, -0.2) is 0 Å². The second-order valence-corrected chi connectivity index (χ2v) is 4.94. The minimum absolute atomic E-state index is 0.0452. The fourth-order valence-electron chi connectivity index (χ4n) is 2.16. The Morgan fingerprint density at radius 3 is 2.80 bits per heavy atom. The Morgan fingerprint density at radius 2 is 2.05 bits per heavy atom. The van der Waals surface area contributed by atoms with Crippen LogP contribution in [0.25, 0.3) is 0 Å². The van der Waals surface area contributed by atoms with Gasteiger partial charge in [0.2, 0.25) is 5.91 Å². The van der Waals surface area contributed by atoms with Crippen molar-refractivity contribution in [3.8, 4) is 11.5 Å². The van der Waals surface area contributed by atoms with Crippen LogP contribution in [-0.2, 0) is 4.79 Å². The molecule has 3 N–H and O–H groups in total. The van der Waals surface area contributed by atoms with Gasteiger partial charge in [-0.05, 0) is 44.0 Å². The molecule has 110 valence electrons. The molecule has 1 aliphatic heterocycles. The number of nitrogens with one attached hydrogen (secondary N) is 1. The molecular formula is C15H22N2O3. The highest BCUT2D eigenvalue weighted by molar-refractivity contribution is 5.76. The number of fused-ring (bicyclic) bond motifs is 1. The standard InChI is InChI=1S/C15H22N2O3/c1-11(17-15(18)4-2-3-7-16)12-5-6-13-14(10-12)20-9-8-19-13/h5-6,10-11H,2-4,7-9,16H2,1H3,(H,17,18). The molecule has 1 aliphatic rings. The highest BCUT2D eigenvalue weighted by Gasteiger charge is 2.15. The Balaban J connectivity index is 1.91. The maximum atomic E-state index is 11.8. The third-order valence-electron chi connectivity index (χ3n) is 3.30. The molecule has 1 aromatic carbocycles. The van der Waals surface area contributed by atoms with Crippen LogP contribution in [0.15, 0.2) is 18.2 Å². The number of nitrogens with two attached hydrogens (primary N) is 1. The van der Waals surface area contributed by atoms with Crippen LogP contribution in [-0.4, -0.2) is 25.7 Å². The molecule has 0 saturated carbocycles. The fraction of sp³-hybridized carbons (Fsp3) is 0.533. The molecule has 0 fully saturated rings. The largest absolute Gasteiger partial charge is 0.486 e. The van der Waals surface area contributed by atoms with E-state index in [1.165, 1.54) is 0 Å². The first-order valence-corrected chi connectivity index (χ1v) is 7.09. The molecule has 2 rings (SSSR count). The molecule has 0 radical (unpaired) electrons. The predicted octanol–water partition coefficient (Wildman–Crippen LogP) is 1.76. The van der Waals surface area contributed by atoms with Gasteiger partial charge in [-0.1, -0.05) is 6.07 Å². The molecule has 0 aromatic heterocycles. The van der Waals surface area contributed by atoms with E-state index in [0.717, 1.165) is 29.9 Å². The first-order chi connectivity index (χ1) is 9.70. The Morgan fingerprint density at radius 1 is 1.30 bits per heavy atom. The summed E-state index contributed by atoms with van der Waals surface area (Å²) >= 11 is 0. The number of carbonyl (C=O) groups excluding carboxylic acids is 1. The van der Waals surface area contributed by atoms with Crippen LogP contribution >= 0.6 is 0 Å². The van der Waals surface area contributed by atoms with Gasteiger partial charge in [-0.2, -0.15) is 0 Å². The summed E-state index contributed by atoms with van der Waals surface area (Å²) in [6.45, 7) is 3.74. The first-order valence-electron chi connectivity index (χ1n) is 7.09. The number of ether oxygens (including phenoxy) is 2. The van der Waals surface area contributed by atoms with Crippen molar-refractivity contribution in [2.75, 3.05) is 19.8 Å². The highest BCUT2D eigenvalue weighted by Crippen LogP contribution is 2.32. The van der Waals surface area contributed by atoms with Gasteiger partial charge in [0, 0.05) is 6.42 Å². The molecule has 20 heavy (non-hydrogen) atoms. The van der Waals surface area contributed by atoms with E-state index < -0.39 is 0 Å². The Bertz CT molecular complexity index is 462. The second-order valence-electron chi connectivity index (χ2n) is 4.94. The number of unbranched alkanes of at least 4 members (excludes halogenated alkanes) is 1. The smallest absolute Gasteiger partial charge is 0.220 e. The predicted molar refractivity (Wildman–Crippen MR) is 76.9 cm³/mol. The normalized spacial score (nSPS) is 14.7. The molecule has 5 heteroatoms. The Labute approximate surface area is 119 Å². The molecule has 1 unspecified atom stereocenters. The topological polar surface area (TPSA) is 73.6 Å². The first kappa shape index (κ1) is 14.7. The molecule has 5 nitrogen and oxygen atoms in total. The monoisotopic (exact) mass is 278 g/mol. The van der Waals surface area contributed by atoms with Crippen LogP contribution in [0.4, 0.5) is 0 Å². The third kappa shape index (κ3) is 3.87. The SMILES string of the molecule is CC(NC(=O)CCCCN)c1ccc2c(c1)OCCO2. The minimum Gasteiger partial charge on any atom is -0.486 e. The van der Waals surface area contributed by atoms with Crippen LogP contribution in [0, 0.1) is 0 Å². The number of hydrogen-bond donors (Lipinski definition) is 2. The number of rotatable bonds is 6. The molecule has 0 spiro atoms. The lowest BCUT2D eigenvalue weighted by Crippen LogP contribution is -2.26. The molecule has 0 bridgehead atoms. The minimum atomic E-state index is -0.0452. The molecule has 0 aliphatic carbocycles. The van der Waals surface area contributed by atoms with Crippen molar-refractivity contribution in [1.29, 1.82) is 0 Å². The second kappa shape index (κ2) is 7.14. The Kier molecular flexibility index (Phi) is 5.24. The summed E-state index contributed by atoms with van der Waals surface area (Å²) in [7, 11) is 0. The number of amides is 1. The summed E-state index contributed by atoms with van der Waals surface area (Å²) in [5.74, 6) is 1.57. The van der Waals surface area contributed by atoms with Crippen molar-refractivity contribution in [2.24, 2.45) is 5.73 Å². The average molecular weight is 278 g/mol. The molecular weight excluding hydrogens is 256 g/mol. The van der Waals surface area contributed by atoms with Crippen LogP contribution in [0.2, 0.25) is 0 Å². The summed E-state index contributed by atoms with van der Waals surface area (Å²) < 4.78 is 11.0. The maximum absolute atomic E-state index is 11.8. The quantitative estimate of drug-likeness (QED) is 0.778. The molecule has 0 saturated heterocycles. The van der Waals surface area contributed by atoms with E-state index in [4.69, 9.17) is 15.2 Å². The van der Waals surface area contributed by atoms with E-state index in [1.807, 2.05) is 25.1 Å². The summed E-state index contributed by atoms with van der Waals surface area (Å²) in [5.41, 5.74) is 6.43. The zero-order valence-corrected chi connectivity index (χ0v) is 11.9. The van der Waals surface area contributed by atoms with E-state index >= 15 is 0 Å². The number of benzene rings is 1. The van der Waals surface area contributed by atoms with Gasteiger partial charge < -0.3 is 20.5 Å². The van der Waals surface area contributed by atoms with Gasteiger partial charge in [-0.3, -0.25) is 4.79 Å². The maximum Gasteiger partial charge on any atom is 0.220 e. The van der Waals surface area contributed by atoms with Crippen molar-refractivity contribution in [2.45, 2.75) is 32.2 Å². The van der Waals surface area contributed by atoms with Gasteiger partial charge in [0.15, 0.2) is 11.5 Å². The van der Waals surface area contributed by atoms with Crippen molar-refractivity contribution in [1.82, 2.24) is 5.32 Å². The average Bonchev–Trinajstić information content (AvgIpc) is 2.47. The Hall–Kier alpha value is -1.75. The van der Waals surface area contributed by atoms with E-state index in [-0.39, 0.29) is 11.9 Å². The van der Waals surface area contributed by atoms with Crippen LogP contribution in [0.3, 0.4) is 0 Å². The molecule has 1 aromatic rings. The number of hydrogen-bond acceptors (Lipinski definition) is 4. The summed E-state index contributed by atoms with van der Waals surface area (Å²) in [6, 6.07) is 5.73. The zero-order valence-electron chi connectivity index (χ0n) is 11.9. The van der Waals surface area contributed by atoms with Gasteiger partial charge in [0.05, 0.1) is 6.04 Å². The summed E-state index contributed by atoms with van der Waals surface area (Å²) in [6.07, 6.45) is 2.23. The van der Waals surface area contributed by atoms with E-state index in [1.54, 1.807) is 0 Å². The number of carbonyl (C=O) groups is 1. The fourth-order valence-corrected chi connectivity index (χ4v) is 2.16. The van der Waals surface area contributed by atoms with Crippen molar-refractivity contribution >= 4 is 5.91 Å². The van der Waals surface area contributed by atoms with Crippen LogP contribution in [0.1, 0.15) is 37.8 Å². The third-order valence-corrected chi connectivity index (χ3v) is 3.30. The molecule has 1 amide bonds. The lowest BCUT2D eigenvalue weighted by Gasteiger charge is -2.21. The van der Waals surface area contributed by atoms with E-state index in [2.05, 4.69) is 5.32 Å². The van der Waals surface area contributed by atoms with Gasteiger partial charge in [0.25, 0.3) is 0 Å². The van der Waals surface area contributed by atoms with Crippen LogP contribution < -0.4 is 20.5 Å². The van der Waals surface area contributed by atoms with Crippen molar-refractivity contribution in [3.63, 3.8) is 0 Å². The van der Waals surface area contributed by atoms with Crippen molar-refractivity contribution < 1.29 is 14.3 Å². The highest BCUT2D eigenvalue weighted by atomic mass is 16.6. The lowest BCUT2D eigenvalue weighted by atomic mass is 10.1. The molecule has 1 atom stereocenters. The summed E-state index contributed by atoms with van der Waals surface area (Å²) in [5, 5.41) is 2.99. The van der Waals surface area contributed by atoms with Crippen molar-refractivity contribution in [3.05, 3.63) is 23.8 Å².